The van der Waals surface area contributed by atoms with Crippen molar-refractivity contribution < 1.29 is 4.42 Å². The van der Waals surface area contributed by atoms with Gasteiger partial charge in [-0.05, 0) is 23.8 Å². The molecule has 0 aliphatic rings. The highest BCUT2D eigenvalue weighted by atomic mass is 16.3. The molecule has 1 N–H and O–H groups in total. The quantitative estimate of drug-likeness (QED) is 0.772. The second kappa shape index (κ2) is 5.93. The largest absolute Gasteiger partial charge is 0.465 e. The number of hydrogen-bond acceptors (Lipinski definition) is 2. The van der Waals surface area contributed by atoms with Gasteiger partial charge in [-0.2, -0.15) is 0 Å². The molecular formula is C14H15NO. The summed E-state index contributed by atoms with van der Waals surface area (Å²) in [4.78, 5) is 0. The molecule has 0 bridgehead atoms. The fourth-order valence-corrected chi connectivity index (χ4v) is 1.46. The summed E-state index contributed by atoms with van der Waals surface area (Å²) >= 11 is 0. The van der Waals surface area contributed by atoms with Gasteiger partial charge in [-0.25, -0.2) is 0 Å². The molecule has 0 aliphatic heterocycles. The number of benzene rings is 1. The molecule has 0 aliphatic carbocycles. The predicted octanol–water partition coefficient (Wildman–Crippen LogP) is 3.08. The van der Waals surface area contributed by atoms with Crippen LogP contribution < -0.4 is 5.32 Å². The first-order valence-corrected chi connectivity index (χ1v) is 5.40. The lowest BCUT2D eigenvalue weighted by atomic mass is 10.2. The molecule has 0 unspecified atom stereocenters. The van der Waals surface area contributed by atoms with Crippen LogP contribution in [-0.4, -0.2) is 6.54 Å². The highest BCUT2D eigenvalue weighted by molar-refractivity contribution is 5.42. The summed E-state index contributed by atoms with van der Waals surface area (Å²) in [6.45, 7) is 1.74. The van der Waals surface area contributed by atoms with Crippen molar-refractivity contribution in [1.82, 2.24) is 5.32 Å². The van der Waals surface area contributed by atoms with E-state index in [9.17, 15) is 0 Å². The van der Waals surface area contributed by atoms with Crippen LogP contribution in [0.5, 0.6) is 0 Å². The molecular weight excluding hydrogens is 198 g/mol. The van der Waals surface area contributed by atoms with Crippen molar-refractivity contribution in [1.29, 1.82) is 0 Å². The topological polar surface area (TPSA) is 25.2 Å². The molecule has 0 fully saturated rings. The zero-order chi connectivity index (χ0) is 11.1. The van der Waals surface area contributed by atoms with Crippen molar-refractivity contribution in [2.24, 2.45) is 0 Å². The van der Waals surface area contributed by atoms with E-state index in [2.05, 4.69) is 35.7 Å². The molecule has 16 heavy (non-hydrogen) atoms. The maximum Gasteiger partial charge on any atom is 0.126 e. The Morgan fingerprint density at radius 3 is 2.69 bits per heavy atom. The Bertz CT molecular complexity index is 417. The van der Waals surface area contributed by atoms with Crippen LogP contribution in [0.15, 0.2) is 59.2 Å². The lowest BCUT2D eigenvalue weighted by Gasteiger charge is -2.00. The highest BCUT2D eigenvalue weighted by Crippen LogP contribution is 2.01. The van der Waals surface area contributed by atoms with E-state index < -0.39 is 0 Å². The summed E-state index contributed by atoms with van der Waals surface area (Å²) in [7, 11) is 0. The Balaban J connectivity index is 1.69. The Morgan fingerprint density at radius 2 is 1.94 bits per heavy atom. The highest BCUT2D eigenvalue weighted by Gasteiger charge is 1.89. The van der Waals surface area contributed by atoms with Crippen LogP contribution in [0.25, 0.3) is 6.08 Å². The zero-order valence-electron chi connectivity index (χ0n) is 9.10. The minimum atomic E-state index is 0.843. The first-order chi connectivity index (χ1) is 7.95. The zero-order valence-corrected chi connectivity index (χ0v) is 9.10. The maximum absolute atomic E-state index is 5.18. The first-order valence-electron chi connectivity index (χ1n) is 5.40. The van der Waals surface area contributed by atoms with Gasteiger partial charge in [0.15, 0.2) is 0 Å². The number of rotatable bonds is 5. The molecule has 0 amide bonds. The third kappa shape index (κ3) is 3.41. The van der Waals surface area contributed by atoms with Crippen molar-refractivity contribution in [3.63, 3.8) is 0 Å². The van der Waals surface area contributed by atoms with Crippen LogP contribution in [0.4, 0.5) is 0 Å². The molecule has 2 rings (SSSR count). The maximum atomic E-state index is 5.18. The Morgan fingerprint density at radius 1 is 1.06 bits per heavy atom. The fraction of sp³-hybridized carbons (Fsp3) is 0.143. The SMILES string of the molecule is C(=C\c1ccco1)/CNCc1ccccc1. The van der Waals surface area contributed by atoms with Crippen LogP contribution >= 0.6 is 0 Å². The monoisotopic (exact) mass is 213 g/mol. The Kier molecular flexibility index (Phi) is 3.97. The molecule has 1 heterocycles. The molecule has 2 heteroatoms. The molecule has 0 saturated heterocycles. The smallest absolute Gasteiger partial charge is 0.126 e. The van der Waals surface area contributed by atoms with Crippen molar-refractivity contribution in [3.8, 4) is 0 Å². The van der Waals surface area contributed by atoms with Gasteiger partial charge in [0.25, 0.3) is 0 Å². The van der Waals surface area contributed by atoms with E-state index in [0.717, 1.165) is 18.8 Å². The van der Waals surface area contributed by atoms with E-state index in [1.54, 1.807) is 6.26 Å². The van der Waals surface area contributed by atoms with Crippen LogP contribution in [0.3, 0.4) is 0 Å². The van der Waals surface area contributed by atoms with Crippen molar-refractivity contribution in [2.45, 2.75) is 6.54 Å². The summed E-state index contributed by atoms with van der Waals surface area (Å²) < 4.78 is 5.18. The minimum Gasteiger partial charge on any atom is -0.465 e. The standard InChI is InChI=1S/C14H15NO/c1-2-6-13(7-3-1)12-15-10-4-8-14-9-5-11-16-14/h1-9,11,15H,10,12H2/b8-4+. The molecule has 2 aromatic rings. The van der Waals surface area contributed by atoms with E-state index in [1.807, 2.05) is 24.3 Å². The Labute approximate surface area is 95.6 Å². The van der Waals surface area contributed by atoms with Gasteiger partial charge in [0.1, 0.15) is 5.76 Å². The number of hydrogen-bond donors (Lipinski definition) is 1. The molecule has 1 aromatic heterocycles. The van der Waals surface area contributed by atoms with E-state index in [1.165, 1.54) is 5.56 Å². The van der Waals surface area contributed by atoms with Crippen LogP contribution in [0, 0.1) is 0 Å². The lowest BCUT2D eigenvalue weighted by Crippen LogP contribution is -2.12. The van der Waals surface area contributed by atoms with Gasteiger partial charge >= 0.3 is 0 Å². The van der Waals surface area contributed by atoms with Gasteiger partial charge in [-0.15, -0.1) is 0 Å². The Hall–Kier alpha value is -1.80. The van der Waals surface area contributed by atoms with Gasteiger partial charge < -0.3 is 9.73 Å². The van der Waals surface area contributed by atoms with Crippen LogP contribution in [0.1, 0.15) is 11.3 Å². The molecule has 2 nitrogen and oxygen atoms in total. The van der Waals surface area contributed by atoms with Crippen LogP contribution in [0.2, 0.25) is 0 Å². The second-order valence-corrected chi connectivity index (χ2v) is 3.53. The third-order valence-electron chi connectivity index (χ3n) is 2.26. The van der Waals surface area contributed by atoms with Crippen molar-refractivity contribution in [2.75, 3.05) is 6.54 Å². The molecule has 0 atom stereocenters. The number of furan rings is 1. The molecule has 0 saturated carbocycles. The van der Waals surface area contributed by atoms with Crippen molar-refractivity contribution in [3.05, 3.63) is 66.1 Å². The molecule has 82 valence electrons. The molecule has 0 spiro atoms. The number of nitrogens with one attached hydrogen (secondary N) is 1. The van der Waals surface area contributed by atoms with E-state index >= 15 is 0 Å². The van der Waals surface area contributed by atoms with Gasteiger partial charge in [0.05, 0.1) is 6.26 Å². The van der Waals surface area contributed by atoms with E-state index in [4.69, 9.17) is 4.42 Å². The lowest BCUT2D eigenvalue weighted by molar-refractivity contribution is 0.556. The molecule has 0 radical (unpaired) electrons. The minimum absolute atomic E-state index is 0.843. The van der Waals surface area contributed by atoms with Gasteiger partial charge in [0.2, 0.25) is 0 Å². The second-order valence-electron chi connectivity index (χ2n) is 3.53. The summed E-state index contributed by atoms with van der Waals surface area (Å²) in [5.74, 6) is 0.890. The van der Waals surface area contributed by atoms with Crippen LogP contribution in [-0.2, 0) is 6.54 Å². The summed E-state index contributed by atoms with van der Waals surface area (Å²) in [5, 5.41) is 3.34. The predicted molar refractivity (Wildman–Crippen MR) is 65.9 cm³/mol. The summed E-state index contributed by atoms with van der Waals surface area (Å²) in [6.07, 6.45) is 5.71. The fourth-order valence-electron chi connectivity index (χ4n) is 1.46. The van der Waals surface area contributed by atoms with Crippen molar-refractivity contribution >= 4 is 6.08 Å². The van der Waals surface area contributed by atoms with E-state index in [0.29, 0.717) is 0 Å². The molecule has 1 aromatic carbocycles. The summed E-state index contributed by atoms with van der Waals surface area (Å²) in [6, 6.07) is 14.2. The van der Waals surface area contributed by atoms with Gasteiger partial charge in [0, 0.05) is 13.1 Å². The normalized spacial score (nSPS) is 11.0. The average Bonchev–Trinajstić information content (AvgIpc) is 2.83. The third-order valence-corrected chi connectivity index (χ3v) is 2.26. The van der Waals surface area contributed by atoms with Gasteiger partial charge in [-0.3, -0.25) is 0 Å². The first kappa shape index (κ1) is 10.7. The van der Waals surface area contributed by atoms with Gasteiger partial charge in [-0.1, -0.05) is 36.4 Å². The average molecular weight is 213 g/mol. The van der Waals surface area contributed by atoms with E-state index in [-0.39, 0.29) is 0 Å². The summed E-state index contributed by atoms with van der Waals surface area (Å²) in [5.41, 5.74) is 1.30.